The number of hydrogen-bond acceptors (Lipinski definition) is 3. The fraction of sp³-hybridized carbons (Fsp3) is 0.348. The smallest absolute Gasteiger partial charge is 0.253 e. The van der Waals surface area contributed by atoms with Crippen LogP contribution in [0.3, 0.4) is 0 Å². The number of rotatable bonds is 4. The minimum atomic E-state index is -0.890. The molecule has 5 nitrogen and oxygen atoms in total. The van der Waals surface area contributed by atoms with Gasteiger partial charge in [-0.25, -0.2) is 8.78 Å². The monoisotopic (exact) mass is 413 g/mol. The van der Waals surface area contributed by atoms with Gasteiger partial charge in [-0.3, -0.25) is 9.59 Å². The van der Waals surface area contributed by atoms with Gasteiger partial charge < -0.3 is 10.6 Å². The number of amides is 2. The molecule has 0 atom stereocenters. The number of carbonyl (C=O) groups excluding carboxylic acids is 2. The van der Waals surface area contributed by atoms with Crippen molar-refractivity contribution < 1.29 is 18.4 Å². The maximum atomic E-state index is 13.8. The van der Waals surface area contributed by atoms with Crippen LogP contribution in [0.25, 0.3) is 11.1 Å². The Kier molecular flexibility index (Phi) is 8.05. The highest BCUT2D eigenvalue weighted by Crippen LogP contribution is 2.26. The van der Waals surface area contributed by atoms with Gasteiger partial charge in [0.2, 0.25) is 5.91 Å². The first-order valence-electron chi connectivity index (χ1n) is 9.83. The molecule has 0 heterocycles. The van der Waals surface area contributed by atoms with Gasteiger partial charge in [-0.1, -0.05) is 31.9 Å². The molecule has 0 spiro atoms. The maximum Gasteiger partial charge on any atom is 0.253 e. The van der Waals surface area contributed by atoms with Crippen molar-refractivity contribution in [3.05, 3.63) is 59.2 Å². The predicted octanol–water partition coefficient (Wildman–Crippen LogP) is 4.40. The van der Waals surface area contributed by atoms with Crippen molar-refractivity contribution in [3.8, 4) is 17.2 Å². The minimum Gasteiger partial charge on any atom is -0.370 e. The molecule has 0 unspecified atom stereocenters. The Balaban J connectivity index is 0.000000575. The van der Waals surface area contributed by atoms with E-state index in [2.05, 4.69) is 5.73 Å². The van der Waals surface area contributed by atoms with Crippen molar-refractivity contribution in [3.63, 3.8) is 0 Å². The van der Waals surface area contributed by atoms with Gasteiger partial charge in [-0.15, -0.1) is 0 Å². The first kappa shape index (κ1) is 23.0. The van der Waals surface area contributed by atoms with Crippen LogP contribution in [0, 0.1) is 23.0 Å². The van der Waals surface area contributed by atoms with E-state index < -0.39 is 17.2 Å². The van der Waals surface area contributed by atoms with Gasteiger partial charge in [0.15, 0.2) is 0 Å². The summed E-state index contributed by atoms with van der Waals surface area (Å²) in [6.45, 7) is 1.72. The zero-order valence-electron chi connectivity index (χ0n) is 17.1. The summed E-state index contributed by atoms with van der Waals surface area (Å²) < 4.78 is 27.5. The van der Waals surface area contributed by atoms with Crippen LogP contribution < -0.4 is 5.73 Å². The predicted molar refractivity (Wildman–Crippen MR) is 110 cm³/mol. The Morgan fingerprint density at radius 1 is 1.10 bits per heavy atom. The lowest BCUT2D eigenvalue weighted by atomic mass is 10.0. The Hall–Kier alpha value is -3.27. The quantitative estimate of drug-likeness (QED) is 0.806. The summed E-state index contributed by atoms with van der Waals surface area (Å²) >= 11 is 0. The number of benzene rings is 2. The molecule has 1 fully saturated rings. The number of nitrogens with two attached hydrogens (primary N) is 1. The summed E-state index contributed by atoms with van der Waals surface area (Å²) in [6.07, 6.45) is 4.81. The highest BCUT2D eigenvalue weighted by atomic mass is 19.1. The van der Waals surface area contributed by atoms with Gasteiger partial charge in [0.05, 0.1) is 0 Å². The normalized spacial score (nSPS) is 13.2. The SMILES string of the molecule is CCC(N)=O.CN(C(=O)c1ccc(-c2cc(F)c(C#N)c(F)c2)cc1)C1CCCC1. The number of nitriles is 1. The molecule has 2 aromatic rings. The van der Waals surface area contributed by atoms with E-state index in [1.807, 2.05) is 7.05 Å². The molecule has 30 heavy (non-hydrogen) atoms. The zero-order valence-corrected chi connectivity index (χ0v) is 17.1. The van der Waals surface area contributed by atoms with Gasteiger partial charge in [0.1, 0.15) is 23.3 Å². The summed E-state index contributed by atoms with van der Waals surface area (Å²) in [7, 11) is 1.82. The molecular formula is C23H25F2N3O2. The maximum absolute atomic E-state index is 13.8. The molecule has 1 saturated carbocycles. The third-order valence-corrected chi connectivity index (χ3v) is 5.16. The van der Waals surface area contributed by atoms with Crippen molar-refractivity contribution >= 4 is 11.8 Å². The standard InChI is InChI=1S/C20H18F2N2O.C3H7NO/c1-24(16-4-2-3-5-16)20(25)14-8-6-13(7-9-14)15-10-18(21)17(12-23)19(22)11-15;1-2-3(4)5/h6-11,16H,2-5H2,1H3;2H2,1H3,(H2,4,5). The Morgan fingerprint density at radius 3 is 2.03 bits per heavy atom. The van der Waals surface area contributed by atoms with Gasteiger partial charge in [-0.2, -0.15) is 5.26 Å². The number of halogens is 2. The molecule has 0 aliphatic heterocycles. The second-order valence-electron chi connectivity index (χ2n) is 7.18. The fourth-order valence-electron chi connectivity index (χ4n) is 3.31. The molecule has 2 amide bonds. The largest absolute Gasteiger partial charge is 0.370 e. The Bertz CT molecular complexity index is 923. The molecule has 1 aliphatic carbocycles. The lowest BCUT2D eigenvalue weighted by molar-refractivity contribution is -0.117. The molecule has 3 rings (SSSR count). The summed E-state index contributed by atoms with van der Waals surface area (Å²) in [5, 5.41) is 8.73. The van der Waals surface area contributed by atoms with Gasteiger partial charge in [-0.05, 0) is 48.2 Å². The van der Waals surface area contributed by atoms with Gasteiger partial charge >= 0.3 is 0 Å². The summed E-state index contributed by atoms with van der Waals surface area (Å²) in [4.78, 5) is 23.9. The van der Waals surface area contributed by atoms with Gasteiger partial charge in [0.25, 0.3) is 5.91 Å². The zero-order chi connectivity index (χ0) is 22.3. The molecule has 2 N–H and O–H groups in total. The van der Waals surface area contributed by atoms with Crippen LogP contribution in [0.5, 0.6) is 0 Å². The average molecular weight is 413 g/mol. The lowest BCUT2D eigenvalue weighted by Crippen LogP contribution is -2.35. The molecule has 2 aromatic carbocycles. The first-order valence-corrected chi connectivity index (χ1v) is 9.83. The molecule has 0 saturated heterocycles. The molecule has 0 radical (unpaired) electrons. The van der Waals surface area contributed by atoms with Crippen molar-refractivity contribution in [2.24, 2.45) is 5.73 Å². The van der Waals surface area contributed by atoms with Crippen LogP contribution in [-0.2, 0) is 4.79 Å². The Labute approximate surface area is 175 Å². The van der Waals surface area contributed by atoms with E-state index in [1.165, 1.54) is 6.07 Å². The van der Waals surface area contributed by atoms with Crippen molar-refractivity contribution in [2.45, 2.75) is 45.1 Å². The van der Waals surface area contributed by atoms with Crippen LogP contribution in [-0.4, -0.2) is 29.8 Å². The highest BCUT2D eigenvalue weighted by Gasteiger charge is 2.24. The van der Waals surface area contributed by atoms with E-state index in [4.69, 9.17) is 5.26 Å². The van der Waals surface area contributed by atoms with Crippen LogP contribution in [0.4, 0.5) is 8.78 Å². The lowest BCUT2D eigenvalue weighted by Gasteiger charge is -2.24. The van der Waals surface area contributed by atoms with Crippen LogP contribution in [0.2, 0.25) is 0 Å². The van der Waals surface area contributed by atoms with Gasteiger partial charge in [0, 0.05) is 25.1 Å². The minimum absolute atomic E-state index is 0.0457. The molecule has 158 valence electrons. The van der Waals surface area contributed by atoms with Crippen molar-refractivity contribution in [1.82, 2.24) is 4.90 Å². The number of primary amides is 1. The molecule has 0 bridgehead atoms. The fourth-order valence-corrected chi connectivity index (χ4v) is 3.31. The van der Waals surface area contributed by atoms with E-state index >= 15 is 0 Å². The van der Waals surface area contributed by atoms with Crippen molar-refractivity contribution in [2.75, 3.05) is 7.05 Å². The average Bonchev–Trinajstić information content (AvgIpc) is 3.28. The van der Waals surface area contributed by atoms with E-state index in [0.29, 0.717) is 23.1 Å². The van der Waals surface area contributed by atoms with Crippen LogP contribution in [0.15, 0.2) is 36.4 Å². The van der Waals surface area contributed by atoms with Crippen LogP contribution >= 0.6 is 0 Å². The van der Waals surface area contributed by atoms with E-state index in [9.17, 15) is 18.4 Å². The second kappa shape index (κ2) is 10.5. The number of nitrogens with zero attached hydrogens (tertiary/aromatic N) is 2. The summed E-state index contributed by atoms with van der Waals surface area (Å²) in [5.74, 6) is -2.07. The van der Waals surface area contributed by atoms with Crippen LogP contribution in [0.1, 0.15) is 54.9 Å². The molecular weight excluding hydrogens is 388 g/mol. The molecule has 1 aliphatic rings. The van der Waals surface area contributed by atoms with E-state index in [0.717, 1.165) is 37.8 Å². The van der Waals surface area contributed by atoms with E-state index in [1.54, 1.807) is 36.1 Å². The topological polar surface area (TPSA) is 87.2 Å². The third kappa shape index (κ3) is 5.63. The highest BCUT2D eigenvalue weighted by molar-refractivity contribution is 5.94. The van der Waals surface area contributed by atoms with E-state index in [-0.39, 0.29) is 17.9 Å². The van der Waals surface area contributed by atoms with Crippen molar-refractivity contribution in [1.29, 1.82) is 5.26 Å². The first-order chi connectivity index (χ1) is 14.3. The molecule has 7 heteroatoms. The summed E-state index contributed by atoms with van der Waals surface area (Å²) in [6, 6.07) is 10.7. The summed E-state index contributed by atoms with van der Waals surface area (Å²) in [5.41, 5.74) is 5.53. The Morgan fingerprint density at radius 2 is 1.60 bits per heavy atom. The molecule has 0 aromatic heterocycles. The number of hydrogen-bond donors (Lipinski definition) is 1. The third-order valence-electron chi connectivity index (χ3n) is 5.16. The second-order valence-corrected chi connectivity index (χ2v) is 7.18. The number of carbonyl (C=O) groups is 2.